The maximum absolute atomic E-state index is 12.5. The first-order valence-corrected chi connectivity index (χ1v) is 7.08. The maximum Gasteiger partial charge on any atom is 0.252 e. The quantitative estimate of drug-likeness (QED) is 0.748. The van der Waals surface area contributed by atoms with Crippen LogP contribution < -0.4 is 5.32 Å². The molecule has 2 N–H and O–H groups in total. The van der Waals surface area contributed by atoms with Gasteiger partial charge in [0.2, 0.25) is 0 Å². The molecule has 0 spiro atoms. The zero-order chi connectivity index (χ0) is 14.8. The molecule has 106 valence electrons. The molecule has 0 aliphatic carbocycles. The molecule has 0 unspecified atom stereocenters. The van der Waals surface area contributed by atoms with Gasteiger partial charge in [-0.1, -0.05) is 35.9 Å². The Hall–Kier alpha value is -2.55. The average molecular weight is 278 g/mol. The van der Waals surface area contributed by atoms with Crippen LogP contribution in [0.2, 0.25) is 0 Å². The summed E-state index contributed by atoms with van der Waals surface area (Å²) in [5.41, 5.74) is 3.99. The standard InChI is InChI=1S/C18H18N2O/c1-12-5-3-6-14(11-12)13(2)20-18(21)16-7-4-8-17-15(16)9-10-19-17/h3-11,13,19H,1-2H3,(H,20,21)/t13-/m0/s1. The van der Waals surface area contributed by atoms with Gasteiger partial charge in [-0.25, -0.2) is 0 Å². The van der Waals surface area contributed by atoms with Gasteiger partial charge in [-0.3, -0.25) is 4.79 Å². The van der Waals surface area contributed by atoms with E-state index in [1.54, 1.807) is 0 Å². The number of hydrogen-bond donors (Lipinski definition) is 2. The minimum atomic E-state index is -0.0470. The number of aromatic amines is 1. The van der Waals surface area contributed by atoms with Crippen molar-refractivity contribution >= 4 is 16.8 Å². The molecule has 3 rings (SSSR count). The van der Waals surface area contributed by atoms with Crippen molar-refractivity contribution < 1.29 is 4.79 Å². The summed E-state index contributed by atoms with van der Waals surface area (Å²) in [5.74, 6) is -0.0470. The topological polar surface area (TPSA) is 44.9 Å². The Labute approximate surface area is 124 Å². The molecule has 3 nitrogen and oxygen atoms in total. The number of nitrogens with one attached hydrogen (secondary N) is 2. The van der Waals surface area contributed by atoms with Crippen LogP contribution in [-0.2, 0) is 0 Å². The SMILES string of the molecule is Cc1cccc([C@H](C)NC(=O)c2cccc3[nH]ccc23)c1. The predicted molar refractivity (Wildman–Crippen MR) is 85.4 cm³/mol. The largest absolute Gasteiger partial charge is 0.361 e. The van der Waals surface area contributed by atoms with Gasteiger partial charge in [-0.2, -0.15) is 0 Å². The van der Waals surface area contributed by atoms with Crippen LogP contribution in [0.25, 0.3) is 10.9 Å². The van der Waals surface area contributed by atoms with E-state index in [4.69, 9.17) is 0 Å². The van der Waals surface area contributed by atoms with E-state index in [1.165, 1.54) is 5.56 Å². The molecule has 0 fully saturated rings. The Morgan fingerprint density at radius 3 is 2.76 bits per heavy atom. The minimum absolute atomic E-state index is 0.0217. The summed E-state index contributed by atoms with van der Waals surface area (Å²) < 4.78 is 0. The second-order valence-corrected chi connectivity index (χ2v) is 5.35. The van der Waals surface area contributed by atoms with Crippen molar-refractivity contribution in [3.63, 3.8) is 0 Å². The summed E-state index contributed by atoms with van der Waals surface area (Å²) in [6.07, 6.45) is 1.85. The Kier molecular flexibility index (Phi) is 3.48. The van der Waals surface area contributed by atoms with Gasteiger partial charge in [0, 0.05) is 22.7 Å². The van der Waals surface area contributed by atoms with E-state index in [-0.39, 0.29) is 11.9 Å². The summed E-state index contributed by atoms with van der Waals surface area (Å²) in [6, 6.07) is 15.8. The zero-order valence-corrected chi connectivity index (χ0v) is 12.2. The molecule has 3 aromatic rings. The van der Waals surface area contributed by atoms with Crippen LogP contribution in [0.5, 0.6) is 0 Å². The van der Waals surface area contributed by atoms with E-state index in [9.17, 15) is 4.79 Å². The predicted octanol–water partition coefficient (Wildman–Crippen LogP) is 3.97. The van der Waals surface area contributed by atoms with Crippen molar-refractivity contribution in [1.82, 2.24) is 10.3 Å². The lowest BCUT2D eigenvalue weighted by Crippen LogP contribution is -2.26. The molecular weight excluding hydrogens is 260 g/mol. The van der Waals surface area contributed by atoms with E-state index < -0.39 is 0 Å². The molecule has 0 aliphatic rings. The smallest absolute Gasteiger partial charge is 0.252 e. The minimum Gasteiger partial charge on any atom is -0.361 e. The number of benzene rings is 2. The molecule has 3 heteroatoms. The van der Waals surface area contributed by atoms with E-state index in [0.29, 0.717) is 5.56 Å². The first-order valence-electron chi connectivity index (χ1n) is 7.08. The van der Waals surface area contributed by atoms with E-state index in [0.717, 1.165) is 16.5 Å². The molecule has 0 saturated heterocycles. The Morgan fingerprint density at radius 2 is 1.95 bits per heavy atom. The highest BCUT2D eigenvalue weighted by atomic mass is 16.1. The van der Waals surface area contributed by atoms with Crippen LogP contribution in [0.3, 0.4) is 0 Å². The van der Waals surface area contributed by atoms with E-state index >= 15 is 0 Å². The fraction of sp³-hybridized carbons (Fsp3) is 0.167. The average Bonchev–Trinajstić information content (AvgIpc) is 2.95. The Morgan fingerprint density at radius 1 is 1.14 bits per heavy atom. The third kappa shape index (κ3) is 2.68. The molecule has 1 amide bonds. The third-order valence-corrected chi connectivity index (χ3v) is 3.73. The fourth-order valence-electron chi connectivity index (χ4n) is 2.58. The zero-order valence-electron chi connectivity index (χ0n) is 12.2. The van der Waals surface area contributed by atoms with Gasteiger partial charge >= 0.3 is 0 Å². The van der Waals surface area contributed by atoms with Crippen LogP contribution in [0, 0.1) is 6.92 Å². The number of aromatic nitrogens is 1. The number of H-pyrrole nitrogens is 1. The number of fused-ring (bicyclic) bond motifs is 1. The van der Waals surface area contributed by atoms with Crippen LogP contribution in [0.1, 0.15) is 34.5 Å². The highest BCUT2D eigenvalue weighted by Gasteiger charge is 2.14. The molecule has 0 aliphatic heterocycles. The Bertz CT molecular complexity index is 789. The van der Waals surface area contributed by atoms with Crippen molar-refractivity contribution in [3.05, 3.63) is 71.4 Å². The van der Waals surface area contributed by atoms with Gasteiger partial charge in [-0.05, 0) is 37.6 Å². The van der Waals surface area contributed by atoms with Crippen molar-refractivity contribution in [1.29, 1.82) is 0 Å². The molecule has 1 atom stereocenters. The molecular formula is C18H18N2O. The van der Waals surface area contributed by atoms with Crippen LogP contribution >= 0.6 is 0 Å². The monoisotopic (exact) mass is 278 g/mol. The summed E-state index contributed by atoms with van der Waals surface area (Å²) >= 11 is 0. The van der Waals surface area contributed by atoms with Crippen LogP contribution in [-0.4, -0.2) is 10.9 Å². The van der Waals surface area contributed by atoms with Gasteiger partial charge < -0.3 is 10.3 Å². The van der Waals surface area contributed by atoms with Gasteiger partial charge in [0.05, 0.1) is 6.04 Å². The number of carbonyl (C=O) groups excluding carboxylic acids is 1. The number of aryl methyl sites for hydroxylation is 1. The van der Waals surface area contributed by atoms with Crippen molar-refractivity contribution in [3.8, 4) is 0 Å². The first kappa shape index (κ1) is 13.4. The highest BCUT2D eigenvalue weighted by molar-refractivity contribution is 6.06. The second kappa shape index (κ2) is 5.44. The molecule has 2 aromatic carbocycles. The highest BCUT2D eigenvalue weighted by Crippen LogP contribution is 2.19. The molecule has 0 bridgehead atoms. The maximum atomic E-state index is 12.5. The summed E-state index contributed by atoms with van der Waals surface area (Å²) in [5, 5.41) is 4.02. The van der Waals surface area contributed by atoms with Gasteiger partial charge in [0.25, 0.3) is 5.91 Å². The molecule has 0 radical (unpaired) electrons. The summed E-state index contributed by atoms with van der Waals surface area (Å²) in [4.78, 5) is 15.6. The van der Waals surface area contributed by atoms with E-state index in [1.807, 2.05) is 49.5 Å². The van der Waals surface area contributed by atoms with Crippen molar-refractivity contribution in [2.24, 2.45) is 0 Å². The fourth-order valence-corrected chi connectivity index (χ4v) is 2.58. The van der Waals surface area contributed by atoms with Crippen LogP contribution in [0.15, 0.2) is 54.7 Å². The summed E-state index contributed by atoms with van der Waals surface area (Å²) in [6.45, 7) is 4.06. The van der Waals surface area contributed by atoms with Gasteiger partial charge in [0.1, 0.15) is 0 Å². The van der Waals surface area contributed by atoms with E-state index in [2.05, 4.69) is 29.4 Å². The van der Waals surface area contributed by atoms with Crippen molar-refractivity contribution in [2.75, 3.05) is 0 Å². The lowest BCUT2D eigenvalue weighted by Gasteiger charge is -2.15. The van der Waals surface area contributed by atoms with Gasteiger partial charge in [-0.15, -0.1) is 0 Å². The normalized spacial score (nSPS) is 12.3. The number of rotatable bonds is 3. The lowest BCUT2D eigenvalue weighted by atomic mass is 10.0. The third-order valence-electron chi connectivity index (χ3n) is 3.73. The number of carbonyl (C=O) groups is 1. The number of hydrogen-bond acceptors (Lipinski definition) is 1. The molecule has 0 saturated carbocycles. The Balaban J connectivity index is 1.85. The number of amides is 1. The van der Waals surface area contributed by atoms with Crippen LogP contribution in [0.4, 0.5) is 0 Å². The molecule has 21 heavy (non-hydrogen) atoms. The van der Waals surface area contributed by atoms with Gasteiger partial charge in [0.15, 0.2) is 0 Å². The molecule has 1 aromatic heterocycles. The second-order valence-electron chi connectivity index (χ2n) is 5.35. The van der Waals surface area contributed by atoms with Crippen molar-refractivity contribution in [2.45, 2.75) is 19.9 Å². The lowest BCUT2D eigenvalue weighted by molar-refractivity contribution is 0.0941. The first-order chi connectivity index (χ1) is 10.1. The molecule has 1 heterocycles. The summed E-state index contributed by atoms with van der Waals surface area (Å²) in [7, 11) is 0.